The van der Waals surface area contributed by atoms with Crippen LogP contribution in [0.5, 0.6) is 0 Å². The molecule has 1 aliphatic rings. The van der Waals surface area contributed by atoms with Gasteiger partial charge in [0.25, 0.3) is 0 Å². The van der Waals surface area contributed by atoms with Gasteiger partial charge in [0.05, 0.1) is 6.04 Å². The van der Waals surface area contributed by atoms with Crippen LogP contribution in [0.1, 0.15) is 24.9 Å². The summed E-state index contributed by atoms with van der Waals surface area (Å²) < 4.78 is 5.26. The van der Waals surface area contributed by atoms with Gasteiger partial charge in [-0.3, -0.25) is 10.1 Å². The highest BCUT2D eigenvalue weighted by molar-refractivity contribution is 5.81. The number of rotatable bonds is 3. The highest BCUT2D eigenvalue weighted by Crippen LogP contribution is 2.25. The molecule has 1 aromatic carbocycles. The molecule has 1 heterocycles. The average molecular weight is 231 g/mol. The Morgan fingerprint density at radius 2 is 2.24 bits per heavy atom. The van der Waals surface area contributed by atoms with E-state index in [2.05, 4.69) is 11.9 Å². The molecule has 1 aromatic rings. The van der Waals surface area contributed by atoms with Crippen LogP contribution in [0.25, 0.3) is 0 Å². The number of esters is 1. The first-order valence-corrected chi connectivity index (χ1v) is 5.76. The SMILES string of the molecule is C=CC[C@@]1(C)N[C@H](c2ccccc2)COC1=O. The van der Waals surface area contributed by atoms with Gasteiger partial charge in [0, 0.05) is 0 Å². The lowest BCUT2D eigenvalue weighted by Crippen LogP contribution is -2.56. The van der Waals surface area contributed by atoms with E-state index in [0.29, 0.717) is 13.0 Å². The Balaban J connectivity index is 2.18. The summed E-state index contributed by atoms with van der Waals surface area (Å²) in [7, 11) is 0. The summed E-state index contributed by atoms with van der Waals surface area (Å²) in [5.74, 6) is -0.204. The first-order valence-electron chi connectivity index (χ1n) is 5.76. The third-order valence-electron chi connectivity index (χ3n) is 3.08. The predicted octanol–water partition coefficient (Wildman–Crippen LogP) is 2.21. The second-order valence-electron chi connectivity index (χ2n) is 4.53. The zero-order valence-corrected chi connectivity index (χ0v) is 9.98. The van der Waals surface area contributed by atoms with Crippen molar-refractivity contribution in [2.24, 2.45) is 0 Å². The summed E-state index contributed by atoms with van der Waals surface area (Å²) in [6.07, 6.45) is 2.30. The molecule has 1 fully saturated rings. The number of hydrogen-bond acceptors (Lipinski definition) is 3. The molecule has 1 aliphatic heterocycles. The lowest BCUT2D eigenvalue weighted by molar-refractivity contribution is -0.158. The number of benzene rings is 1. The Morgan fingerprint density at radius 1 is 1.53 bits per heavy atom. The summed E-state index contributed by atoms with van der Waals surface area (Å²) in [4.78, 5) is 11.8. The van der Waals surface area contributed by atoms with Gasteiger partial charge in [-0.1, -0.05) is 36.4 Å². The Hall–Kier alpha value is -1.61. The van der Waals surface area contributed by atoms with E-state index in [1.807, 2.05) is 37.3 Å². The Labute approximate surface area is 101 Å². The van der Waals surface area contributed by atoms with Crippen LogP contribution in [0, 0.1) is 0 Å². The van der Waals surface area contributed by atoms with Crippen LogP contribution >= 0.6 is 0 Å². The third kappa shape index (κ3) is 2.39. The van der Waals surface area contributed by atoms with Gasteiger partial charge in [-0.05, 0) is 18.9 Å². The van der Waals surface area contributed by atoms with Gasteiger partial charge < -0.3 is 4.74 Å². The first-order chi connectivity index (χ1) is 8.15. The predicted molar refractivity (Wildman–Crippen MR) is 66.5 cm³/mol. The highest BCUT2D eigenvalue weighted by Gasteiger charge is 2.40. The van der Waals surface area contributed by atoms with Gasteiger partial charge in [0.1, 0.15) is 12.1 Å². The Kier molecular flexibility index (Phi) is 3.29. The minimum absolute atomic E-state index is 0.0545. The van der Waals surface area contributed by atoms with Crippen LogP contribution in [0.3, 0.4) is 0 Å². The van der Waals surface area contributed by atoms with Gasteiger partial charge in [-0.15, -0.1) is 6.58 Å². The van der Waals surface area contributed by atoms with Crippen LogP contribution in [0.15, 0.2) is 43.0 Å². The maximum Gasteiger partial charge on any atom is 0.326 e. The standard InChI is InChI=1S/C14H17NO2/c1-3-9-14(2)13(16)17-10-12(15-14)11-7-5-4-6-8-11/h3-8,12,15H,1,9-10H2,2H3/t12-,14+/m0/s1. The van der Waals surface area contributed by atoms with Crippen molar-refractivity contribution in [3.63, 3.8) is 0 Å². The van der Waals surface area contributed by atoms with E-state index in [4.69, 9.17) is 4.74 Å². The number of ether oxygens (including phenoxy) is 1. The summed E-state index contributed by atoms with van der Waals surface area (Å²) in [6.45, 7) is 5.92. The number of cyclic esters (lactones) is 1. The second kappa shape index (κ2) is 4.72. The molecule has 0 aliphatic carbocycles. The van der Waals surface area contributed by atoms with Gasteiger partial charge in [0.15, 0.2) is 0 Å². The normalized spacial score (nSPS) is 28.5. The van der Waals surface area contributed by atoms with Crippen LogP contribution in [0.2, 0.25) is 0 Å². The summed E-state index contributed by atoms with van der Waals surface area (Å²) >= 11 is 0. The molecule has 0 amide bonds. The quantitative estimate of drug-likeness (QED) is 0.640. The first kappa shape index (κ1) is 11.9. The molecule has 0 bridgehead atoms. The molecule has 1 N–H and O–H groups in total. The fraction of sp³-hybridized carbons (Fsp3) is 0.357. The summed E-state index contributed by atoms with van der Waals surface area (Å²) in [6, 6.07) is 10.1. The van der Waals surface area contributed by atoms with Crippen molar-refractivity contribution in [3.05, 3.63) is 48.6 Å². The minimum Gasteiger partial charge on any atom is -0.462 e. The van der Waals surface area contributed by atoms with E-state index in [0.717, 1.165) is 5.56 Å². The van der Waals surface area contributed by atoms with Crippen molar-refractivity contribution >= 4 is 5.97 Å². The number of morpholine rings is 1. The molecule has 17 heavy (non-hydrogen) atoms. The third-order valence-corrected chi connectivity index (χ3v) is 3.08. The van der Waals surface area contributed by atoms with Crippen molar-refractivity contribution in [1.29, 1.82) is 0 Å². The summed E-state index contributed by atoms with van der Waals surface area (Å²) in [5, 5.41) is 3.35. The molecule has 2 rings (SSSR count). The van der Waals surface area contributed by atoms with Crippen LogP contribution < -0.4 is 5.32 Å². The van der Waals surface area contributed by atoms with Crippen molar-refractivity contribution in [2.45, 2.75) is 24.9 Å². The van der Waals surface area contributed by atoms with Crippen molar-refractivity contribution in [3.8, 4) is 0 Å². The maximum absolute atomic E-state index is 11.8. The lowest BCUT2D eigenvalue weighted by atomic mass is 9.93. The molecule has 0 unspecified atom stereocenters. The average Bonchev–Trinajstić information content (AvgIpc) is 2.34. The molecule has 0 radical (unpaired) electrons. The highest BCUT2D eigenvalue weighted by atomic mass is 16.5. The van der Waals surface area contributed by atoms with Gasteiger partial charge >= 0.3 is 5.97 Å². The van der Waals surface area contributed by atoms with Crippen LogP contribution in [-0.2, 0) is 9.53 Å². The number of carbonyl (C=O) groups is 1. The van der Waals surface area contributed by atoms with E-state index >= 15 is 0 Å². The van der Waals surface area contributed by atoms with E-state index < -0.39 is 5.54 Å². The zero-order valence-electron chi connectivity index (χ0n) is 9.98. The van der Waals surface area contributed by atoms with Crippen LogP contribution in [0.4, 0.5) is 0 Å². The van der Waals surface area contributed by atoms with Crippen molar-refractivity contribution in [1.82, 2.24) is 5.32 Å². The molecular formula is C14H17NO2. The van der Waals surface area contributed by atoms with E-state index in [1.165, 1.54) is 0 Å². The van der Waals surface area contributed by atoms with E-state index in [1.54, 1.807) is 6.08 Å². The number of hydrogen-bond donors (Lipinski definition) is 1. The molecule has 3 nitrogen and oxygen atoms in total. The zero-order chi connectivity index (χ0) is 12.3. The second-order valence-corrected chi connectivity index (χ2v) is 4.53. The Morgan fingerprint density at radius 3 is 2.88 bits per heavy atom. The lowest BCUT2D eigenvalue weighted by Gasteiger charge is -2.37. The molecule has 3 heteroatoms. The van der Waals surface area contributed by atoms with Gasteiger partial charge in [0.2, 0.25) is 0 Å². The van der Waals surface area contributed by atoms with E-state index in [9.17, 15) is 4.79 Å². The molecule has 0 aromatic heterocycles. The summed E-state index contributed by atoms with van der Waals surface area (Å²) in [5.41, 5.74) is 0.468. The molecule has 1 saturated heterocycles. The molecule has 0 spiro atoms. The number of carbonyl (C=O) groups excluding carboxylic acids is 1. The maximum atomic E-state index is 11.8. The topological polar surface area (TPSA) is 38.3 Å². The fourth-order valence-corrected chi connectivity index (χ4v) is 2.10. The van der Waals surface area contributed by atoms with Crippen LogP contribution in [-0.4, -0.2) is 18.1 Å². The number of nitrogens with one attached hydrogen (secondary N) is 1. The molecular weight excluding hydrogens is 214 g/mol. The largest absolute Gasteiger partial charge is 0.462 e. The fourth-order valence-electron chi connectivity index (χ4n) is 2.10. The van der Waals surface area contributed by atoms with Crippen molar-refractivity contribution < 1.29 is 9.53 Å². The minimum atomic E-state index is -0.666. The van der Waals surface area contributed by atoms with Gasteiger partial charge in [-0.25, -0.2) is 0 Å². The molecule has 0 saturated carbocycles. The van der Waals surface area contributed by atoms with Crippen molar-refractivity contribution in [2.75, 3.05) is 6.61 Å². The Bertz CT molecular complexity index is 415. The molecule has 90 valence electrons. The monoisotopic (exact) mass is 231 g/mol. The van der Waals surface area contributed by atoms with E-state index in [-0.39, 0.29) is 12.0 Å². The van der Waals surface area contributed by atoms with Gasteiger partial charge in [-0.2, -0.15) is 0 Å². The molecule has 2 atom stereocenters. The smallest absolute Gasteiger partial charge is 0.326 e.